The first-order valence-electron chi connectivity index (χ1n) is 27.0. The van der Waals surface area contributed by atoms with Crippen LogP contribution in [0.3, 0.4) is 0 Å². The number of nitrogens with zero attached hydrogens (tertiary/aromatic N) is 3. The molecule has 0 aliphatic carbocycles. The Kier molecular flexibility index (Phi) is 22.6. The van der Waals surface area contributed by atoms with E-state index in [2.05, 4.69) is 66.7 Å². The van der Waals surface area contributed by atoms with Crippen LogP contribution in [0.1, 0.15) is 20.7 Å². The predicted molar refractivity (Wildman–Crippen MR) is 378 cm³/mol. The number of hydrogen-bond acceptors (Lipinski definition) is 8. The van der Waals surface area contributed by atoms with Crippen molar-refractivity contribution < 1.29 is 19.6 Å². The second-order valence-corrected chi connectivity index (χ2v) is 23.2. The van der Waals surface area contributed by atoms with Gasteiger partial charge in [0, 0.05) is 83.7 Å². The summed E-state index contributed by atoms with van der Waals surface area (Å²) < 4.78 is 3.00. The number of hydrogen-bond donors (Lipinski definition) is 5. The number of aromatic nitrogens is 4. The van der Waals surface area contributed by atoms with Crippen LogP contribution >= 0.6 is 97.1 Å². The molecule has 0 atom stereocenters. The fraction of sp³-hybridized carbons (Fsp3) is 0. The van der Waals surface area contributed by atoms with Crippen LogP contribution in [0.5, 0.6) is 0 Å². The number of rotatable bonds is 6. The van der Waals surface area contributed by atoms with Crippen LogP contribution in [-0.2, 0) is 0 Å². The summed E-state index contributed by atoms with van der Waals surface area (Å²) in [5.41, 5.74) is 24.2. The minimum Gasteiger partial charge on any atom is -0.423 e. The van der Waals surface area contributed by atoms with E-state index in [0.29, 0.717) is 58.1 Å². The summed E-state index contributed by atoms with van der Waals surface area (Å²) in [5.74, 6) is 0.781. The molecular formula is C70H49BBrCl7N6O4. The molecule has 3 heterocycles. The van der Waals surface area contributed by atoms with E-state index >= 15 is 0 Å². The van der Waals surface area contributed by atoms with E-state index in [-0.39, 0.29) is 0 Å². The third-order valence-electron chi connectivity index (χ3n) is 13.6. The molecule has 0 saturated heterocycles. The first kappa shape index (κ1) is 65.2. The van der Waals surface area contributed by atoms with Gasteiger partial charge >= 0.3 is 7.12 Å². The Morgan fingerprint density at radius 3 is 1.52 bits per heavy atom. The Hall–Kier alpha value is -8.21. The molecule has 14 aromatic rings. The maximum Gasteiger partial charge on any atom is 0.489 e. The van der Waals surface area contributed by atoms with E-state index in [1.807, 2.05) is 127 Å². The number of halogens is 8. The number of aromatic amines is 1. The second kappa shape index (κ2) is 30.8. The van der Waals surface area contributed by atoms with Gasteiger partial charge in [-0.2, -0.15) is 0 Å². The summed E-state index contributed by atoms with van der Waals surface area (Å²) >= 11 is 45.1. The summed E-state index contributed by atoms with van der Waals surface area (Å²) in [6.45, 7) is 0. The standard InChI is InChI=1S/C19H12Cl2N2.C19H11ClN2.C13H8Cl2O.C7H4BrClO.C6H6BClO2.C6H8N2/c20-12-9-10-13(14-5-1-2-6-16(14)21)15(11-12)19-22-17-7-3-4-8-18(17)23-19;20-12-9-10-13-14-5-1-3-7-17(14)22-18-8-4-2-6-16(18)21-19(22)15(13)11-12;14-10-5-6-11(9(7-10)8-16)12-3-1-2-4-13(12)15;8-7-2-1-6(9)3-5(7)4-10;8-6-4-2-1-3-5(6)7(9)10;7-5-3-1-2-4-6(5)8/h1-11H,(H,22,23);1-11H;1-8H;1-4H;1-4,9-10H;1-4H,7-8H2. The summed E-state index contributed by atoms with van der Waals surface area (Å²) in [6, 6.07) is 75.7. The predicted octanol–water partition coefficient (Wildman–Crippen LogP) is 19.9. The molecule has 0 amide bonds. The summed E-state index contributed by atoms with van der Waals surface area (Å²) in [4.78, 5) is 34.1. The third-order valence-corrected chi connectivity index (χ3v) is 16.2. The third kappa shape index (κ3) is 16.2. The lowest BCUT2D eigenvalue weighted by molar-refractivity contribution is 0.111. The molecule has 11 aromatic carbocycles. The highest BCUT2D eigenvalue weighted by atomic mass is 79.9. The molecule has 0 spiro atoms. The number of nitrogens with two attached hydrogens (primary N) is 2. The fourth-order valence-corrected chi connectivity index (χ4v) is 11.1. The first-order chi connectivity index (χ1) is 43.0. The molecule has 0 saturated carbocycles. The molecule has 14 rings (SSSR count). The molecule has 89 heavy (non-hydrogen) atoms. The molecule has 0 radical (unpaired) electrons. The largest absolute Gasteiger partial charge is 0.489 e. The van der Waals surface area contributed by atoms with Gasteiger partial charge in [-0.05, 0) is 132 Å². The van der Waals surface area contributed by atoms with Crippen LogP contribution in [0.2, 0.25) is 35.2 Å². The number of anilines is 2. The topological polar surface area (TPSA) is 173 Å². The summed E-state index contributed by atoms with van der Waals surface area (Å²) in [6.07, 6.45) is 1.54. The SMILES string of the molecule is Clc1ccc(-c2ccccc2Cl)c(-c2nc3ccccc3[nH]2)c1.Clc1ccc2c3ccccc3n3c4ccccc4nc3c2c1.Nc1ccccc1N.O=Cc1cc(Cl)ccc1-c1ccccc1Cl.O=Cc1cc(Cl)ccc1Br.OB(O)c1ccccc1Cl. The zero-order chi connectivity index (χ0) is 63.1. The quantitative estimate of drug-likeness (QED) is 0.0474. The van der Waals surface area contributed by atoms with Crippen molar-refractivity contribution in [3.05, 3.63) is 293 Å². The van der Waals surface area contributed by atoms with Gasteiger partial charge in [-0.15, -0.1) is 0 Å². The van der Waals surface area contributed by atoms with E-state index in [9.17, 15) is 9.59 Å². The Morgan fingerprint density at radius 1 is 0.427 bits per heavy atom. The molecule has 0 bridgehead atoms. The van der Waals surface area contributed by atoms with Crippen molar-refractivity contribution in [2.24, 2.45) is 0 Å². The highest BCUT2D eigenvalue weighted by Crippen LogP contribution is 2.38. The Morgan fingerprint density at radius 2 is 0.921 bits per heavy atom. The van der Waals surface area contributed by atoms with Crippen LogP contribution in [-0.4, -0.2) is 49.1 Å². The van der Waals surface area contributed by atoms with Crippen LogP contribution in [0.4, 0.5) is 11.4 Å². The molecule has 3 aromatic heterocycles. The average molecular weight is 1380 g/mol. The number of imidazole rings is 2. The number of nitrogens with one attached hydrogen (secondary N) is 1. The summed E-state index contributed by atoms with van der Waals surface area (Å²) in [5, 5.41) is 25.0. The van der Waals surface area contributed by atoms with Crippen molar-refractivity contribution >= 4 is 183 Å². The zero-order valence-corrected chi connectivity index (χ0v) is 53.4. The van der Waals surface area contributed by atoms with E-state index < -0.39 is 7.12 Å². The molecule has 442 valence electrons. The average Bonchev–Trinajstić information content (AvgIpc) is 1.86. The van der Waals surface area contributed by atoms with E-state index in [1.165, 1.54) is 16.3 Å². The van der Waals surface area contributed by atoms with Gasteiger partial charge in [0.05, 0.1) is 39.0 Å². The van der Waals surface area contributed by atoms with Crippen LogP contribution in [0.15, 0.2) is 247 Å². The number of carbonyl (C=O) groups excluding carboxylic acids is 2. The van der Waals surface area contributed by atoms with E-state index in [1.54, 1.807) is 78.9 Å². The van der Waals surface area contributed by atoms with Gasteiger partial charge in [-0.3, -0.25) is 14.0 Å². The van der Waals surface area contributed by atoms with Crippen molar-refractivity contribution in [2.45, 2.75) is 0 Å². The Labute approximate surface area is 556 Å². The lowest BCUT2D eigenvalue weighted by Crippen LogP contribution is -2.30. The number of pyridine rings is 1. The first-order valence-corrected chi connectivity index (χ1v) is 30.4. The minimum absolute atomic E-state index is 0.337. The number of nitrogen functional groups attached to an aromatic ring is 2. The molecule has 0 aliphatic heterocycles. The second-order valence-electron chi connectivity index (χ2n) is 19.4. The molecule has 10 nitrogen and oxygen atoms in total. The van der Waals surface area contributed by atoms with Crippen molar-refractivity contribution in [3.63, 3.8) is 0 Å². The van der Waals surface area contributed by atoms with Crippen molar-refractivity contribution in [1.29, 1.82) is 0 Å². The fourth-order valence-electron chi connectivity index (χ4n) is 9.35. The molecule has 19 heteroatoms. The van der Waals surface area contributed by atoms with Crippen LogP contribution in [0.25, 0.3) is 83.0 Å². The van der Waals surface area contributed by atoms with E-state index in [0.717, 1.165) is 88.8 Å². The van der Waals surface area contributed by atoms with Gasteiger partial charge in [0.25, 0.3) is 0 Å². The zero-order valence-electron chi connectivity index (χ0n) is 46.6. The number of para-hydroxylation sites is 7. The molecule has 0 aliphatic rings. The number of H-pyrrole nitrogens is 1. The Bertz CT molecular complexity index is 4780. The van der Waals surface area contributed by atoms with Crippen molar-refractivity contribution in [1.82, 2.24) is 19.4 Å². The summed E-state index contributed by atoms with van der Waals surface area (Å²) in [7, 11) is -1.48. The highest BCUT2D eigenvalue weighted by molar-refractivity contribution is 9.10. The van der Waals surface area contributed by atoms with Crippen molar-refractivity contribution in [3.8, 4) is 33.6 Å². The van der Waals surface area contributed by atoms with Crippen molar-refractivity contribution in [2.75, 3.05) is 11.5 Å². The lowest BCUT2D eigenvalue weighted by atomic mass is 9.80. The maximum atomic E-state index is 11.0. The van der Waals surface area contributed by atoms with Crippen LogP contribution < -0.4 is 16.9 Å². The minimum atomic E-state index is -1.48. The smallest absolute Gasteiger partial charge is 0.423 e. The van der Waals surface area contributed by atoms with Gasteiger partial charge in [-0.1, -0.05) is 225 Å². The molecule has 0 unspecified atom stereocenters. The van der Waals surface area contributed by atoms with Gasteiger partial charge in [0.15, 0.2) is 12.6 Å². The number of benzene rings is 11. The molecular weight excluding hydrogens is 1330 g/mol. The Balaban J connectivity index is 0.000000133. The van der Waals surface area contributed by atoms with Gasteiger partial charge in [0.2, 0.25) is 0 Å². The molecule has 7 N–H and O–H groups in total. The van der Waals surface area contributed by atoms with E-state index in [4.69, 9.17) is 108 Å². The normalized spacial score (nSPS) is 10.5. The number of aldehydes is 2. The molecule has 0 fully saturated rings. The maximum absolute atomic E-state index is 11.0. The van der Waals surface area contributed by atoms with Gasteiger partial charge in [0.1, 0.15) is 11.5 Å². The highest BCUT2D eigenvalue weighted by Gasteiger charge is 2.17. The lowest BCUT2D eigenvalue weighted by Gasteiger charge is -2.10. The number of carbonyl (C=O) groups is 2. The van der Waals surface area contributed by atoms with Gasteiger partial charge < -0.3 is 26.5 Å². The van der Waals surface area contributed by atoms with Gasteiger partial charge in [-0.25, -0.2) is 9.97 Å². The monoisotopic (exact) mass is 1370 g/mol. The van der Waals surface area contributed by atoms with Crippen LogP contribution in [0, 0.1) is 0 Å². The number of fused-ring (bicyclic) bond motifs is 9.